The number of aliphatic carboxylic acids is 1. The van der Waals surface area contributed by atoms with E-state index in [-0.39, 0.29) is 12.8 Å². The second-order valence-corrected chi connectivity index (χ2v) is 5.02. The molecule has 1 aliphatic carbocycles. The molecule has 6 nitrogen and oxygen atoms in total. The van der Waals surface area contributed by atoms with E-state index in [2.05, 4.69) is 10.1 Å². The average Bonchev–Trinajstić information content (AvgIpc) is 2.74. The standard InChI is InChI=1S/C13H20N2O4/c1-18-13(8-4-2-3-5-9-13)12-14-10(19-15-12)6-7-11(16)17/h2-9H2,1H3,(H,16,17). The van der Waals surface area contributed by atoms with Crippen molar-refractivity contribution in [2.24, 2.45) is 0 Å². The fraction of sp³-hybridized carbons (Fsp3) is 0.769. The molecule has 0 aromatic carbocycles. The molecule has 1 N–H and O–H groups in total. The van der Waals surface area contributed by atoms with Crippen LogP contribution in [0.4, 0.5) is 0 Å². The Hall–Kier alpha value is -1.43. The molecular weight excluding hydrogens is 248 g/mol. The summed E-state index contributed by atoms with van der Waals surface area (Å²) in [5.41, 5.74) is -0.457. The highest BCUT2D eigenvalue weighted by Crippen LogP contribution is 2.37. The van der Waals surface area contributed by atoms with Crippen LogP contribution in [0.1, 0.15) is 56.7 Å². The summed E-state index contributed by atoms with van der Waals surface area (Å²) < 4.78 is 10.8. The van der Waals surface area contributed by atoms with E-state index in [4.69, 9.17) is 14.4 Å². The van der Waals surface area contributed by atoms with E-state index in [9.17, 15) is 4.79 Å². The van der Waals surface area contributed by atoms with Crippen molar-refractivity contribution in [3.63, 3.8) is 0 Å². The summed E-state index contributed by atoms with van der Waals surface area (Å²) in [7, 11) is 1.68. The Kier molecular flexibility index (Phi) is 4.52. The van der Waals surface area contributed by atoms with Crippen molar-refractivity contribution in [1.82, 2.24) is 10.1 Å². The highest BCUT2D eigenvalue weighted by Gasteiger charge is 2.37. The molecule has 1 aliphatic rings. The van der Waals surface area contributed by atoms with E-state index in [1.165, 1.54) is 12.8 Å². The van der Waals surface area contributed by atoms with E-state index in [1.54, 1.807) is 7.11 Å². The van der Waals surface area contributed by atoms with Crippen LogP contribution >= 0.6 is 0 Å². The van der Waals surface area contributed by atoms with Crippen molar-refractivity contribution in [3.8, 4) is 0 Å². The van der Waals surface area contributed by atoms with Gasteiger partial charge in [0, 0.05) is 13.5 Å². The van der Waals surface area contributed by atoms with E-state index < -0.39 is 11.6 Å². The quantitative estimate of drug-likeness (QED) is 0.824. The number of carboxylic acids is 1. The van der Waals surface area contributed by atoms with Crippen molar-refractivity contribution in [2.75, 3.05) is 7.11 Å². The molecule has 0 aliphatic heterocycles. The predicted octanol–water partition coefficient (Wildman–Crippen LogP) is 2.28. The van der Waals surface area contributed by atoms with Gasteiger partial charge in [-0.1, -0.05) is 30.8 Å². The molecular formula is C13H20N2O4. The third-order valence-electron chi connectivity index (χ3n) is 3.73. The maximum atomic E-state index is 10.5. The van der Waals surface area contributed by atoms with Gasteiger partial charge in [0.1, 0.15) is 5.60 Å². The minimum atomic E-state index is -0.865. The summed E-state index contributed by atoms with van der Waals surface area (Å²) in [5.74, 6) is 0.0750. The number of hydrogen-bond acceptors (Lipinski definition) is 5. The molecule has 2 rings (SSSR count). The normalized spacial score (nSPS) is 19.0. The molecule has 19 heavy (non-hydrogen) atoms. The molecule has 1 saturated carbocycles. The number of methoxy groups -OCH3 is 1. The van der Waals surface area contributed by atoms with Crippen LogP contribution < -0.4 is 0 Å². The maximum Gasteiger partial charge on any atom is 0.303 e. The Morgan fingerprint density at radius 1 is 1.37 bits per heavy atom. The molecule has 1 aromatic heterocycles. The first kappa shape index (κ1) is 14.0. The Labute approximate surface area is 112 Å². The summed E-state index contributed by atoms with van der Waals surface area (Å²) in [6.45, 7) is 0. The van der Waals surface area contributed by atoms with E-state index >= 15 is 0 Å². The lowest BCUT2D eigenvalue weighted by atomic mass is 9.93. The Balaban J connectivity index is 2.11. The third kappa shape index (κ3) is 3.32. The van der Waals surface area contributed by atoms with Gasteiger partial charge < -0.3 is 14.4 Å². The first-order chi connectivity index (χ1) is 9.16. The van der Waals surface area contributed by atoms with Gasteiger partial charge in [0.25, 0.3) is 0 Å². The van der Waals surface area contributed by atoms with Crippen LogP contribution in [0.2, 0.25) is 0 Å². The highest BCUT2D eigenvalue weighted by atomic mass is 16.5. The van der Waals surface area contributed by atoms with E-state index in [1.807, 2.05) is 0 Å². The number of aromatic nitrogens is 2. The van der Waals surface area contributed by atoms with Gasteiger partial charge in [-0.2, -0.15) is 4.98 Å². The van der Waals surface area contributed by atoms with Gasteiger partial charge in [0.2, 0.25) is 11.7 Å². The van der Waals surface area contributed by atoms with E-state index in [0.717, 1.165) is 25.7 Å². The van der Waals surface area contributed by atoms with Crippen molar-refractivity contribution >= 4 is 5.97 Å². The monoisotopic (exact) mass is 268 g/mol. The second-order valence-electron chi connectivity index (χ2n) is 5.02. The smallest absolute Gasteiger partial charge is 0.303 e. The number of rotatable bonds is 5. The molecule has 6 heteroatoms. The molecule has 0 saturated heterocycles. The maximum absolute atomic E-state index is 10.5. The van der Waals surface area contributed by atoms with Crippen molar-refractivity contribution in [3.05, 3.63) is 11.7 Å². The Bertz CT molecular complexity index is 422. The predicted molar refractivity (Wildman–Crippen MR) is 66.6 cm³/mol. The van der Waals surface area contributed by atoms with Crippen LogP contribution in [0.25, 0.3) is 0 Å². The largest absolute Gasteiger partial charge is 0.481 e. The van der Waals surface area contributed by atoms with Crippen LogP contribution in [0.3, 0.4) is 0 Å². The molecule has 0 spiro atoms. The van der Waals surface area contributed by atoms with Crippen LogP contribution in [0.15, 0.2) is 4.52 Å². The second kappa shape index (κ2) is 6.14. The summed E-state index contributed by atoms with van der Waals surface area (Å²) in [4.78, 5) is 14.9. The summed E-state index contributed by atoms with van der Waals surface area (Å²) >= 11 is 0. The number of hydrogen-bond donors (Lipinski definition) is 1. The minimum absolute atomic E-state index is 0.00160. The van der Waals surface area contributed by atoms with Crippen molar-refractivity contribution < 1.29 is 19.2 Å². The molecule has 106 valence electrons. The van der Waals surface area contributed by atoms with Gasteiger partial charge >= 0.3 is 5.97 Å². The first-order valence-electron chi connectivity index (χ1n) is 6.76. The fourth-order valence-electron chi connectivity index (χ4n) is 2.57. The zero-order chi connectivity index (χ0) is 13.7. The highest BCUT2D eigenvalue weighted by molar-refractivity contribution is 5.66. The summed E-state index contributed by atoms with van der Waals surface area (Å²) in [5, 5.41) is 12.6. The van der Waals surface area contributed by atoms with Gasteiger partial charge in [0.15, 0.2) is 0 Å². The van der Waals surface area contributed by atoms with Crippen LogP contribution in [0, 0.1) is 0 Å². The van der Waals surface area contributed by atoms with Crippen LogP contribution in [-0.2, 0) is 21.6 Å². The number of nitrogens with zero attached hydrogens (tertiary/aromatic N) is 2. The van der Waals surface area contributed by atoms with Crippen LogP contribution in [0.5, 0.6) is 0 Å². The minimum Gasteiger partial charge on any atom is -0.481 e. The average molecular weight is 268 g/mol. The lowest BCUT2D eigenvalue weighted by molar-refractivity contribution is -0.137. The molecule has 0 atom stereocenters. The molecule has 1 aromatic rings. The number of aryl methyl sites for hydroxylation is 1. The first-order valence-corrected chi connectivity index (χ1v) is 6.76. The lowest BCUT2D eigenvalue weighted by Gasteiger charge is -2.27. The topological polar surface area (TPSA) is 85.5 Å². The summed E-state index contributed by atoms with van der Waals surface area (Å²) in [6, 6.07) is 0. The van der Waals surface area contributed by atoms with Crippen LogP contribution in [-0.4, -0.2) is 28.3 Å². The number of ether oxygens (including phenoxy) is 1. The van der Waals surface area contributed by atoms with Crippen molar-refractivity contribution in [2.45, 2.75) is 57.0 Å². The SMILES string of the molecule is COC1(c2noc(CCC(=O)O)n2)CCCCCC1. The molecule has 0 radical (unpaired) electrons. The molecule has 1 heterocycles. The zero-order valence-corrected chi connectivity index (χ0v) is 11.2. The fourth-order valence-corrected chi connectivity index (χ4v) is 2.57. The van der Waals surface area contributed by atoms with Gasteiger partial charge in [-0.15, -0.1) is 0 Å². The molecule has 0 amide bonds. The molecule has 0 bridgehead atoms. The van der Waals surface area contributed by atoms with Gasteiger partial charge in [-0.3, -0.25) is 4.79 Å². The van der Waals surface area contributed by atoms with E-state index in [0.29, 0.717) is 11.7 Å². The zero-order valence-electron chi connectivity index (χ0n) is 11.2. The van der Waals surface area contributed by atoms with Gasteiger partial charge in [0.05, 0.1) is 6.42 Å². The number of carbonyl (C=O) groups is 1. The van der Waals surface area contributed by atoms with Gasteiger partial charge in [-0.25, -0.2) is 0 Å². The van der Waals surface area contributed by atoms with Gasteiger partial charge in [-0.05, 0) is 12.8 Å². The Morgan fingerprint density at radius 2 is 2.05 bits per heavy atom. The number of carboxylic acid groups (broad SMARTS) is 1. The third-order valence-corrected chi connectivity index (χ3v) is 3.73. The van der Waals surface area contributed by atoms with Crippen molar-refractivity contribution in [1.29, 1.82) is 0 Å². The Morgan fingerprint density at radius 3 is 2.63 bits per heavy atom. The molecule has 0 unspecified atom stereocenters. The summed E-state index contributed by atoms with van der Waals surface area (Å²) in [6.07, 6.45) is 6.63. The lowest BCUT2D eigenvalue weighted by Crippen LogP contribution is -2.29. The molecule has 1 fully saturated rings.